The van der Waals surface area contributed by atoms with Crippen molar-refractivity contribution in [3.05, 3.63) is 64.7 Å². The number of amides is 2. The minimum Gasteiger partial charge on any atom is -0.368 e. The van der Waals surface area contributed by atoms with Crippen LogP contribution in [-0.4, -0.2) is 60.4 Å². The molecule has 1 atom stereocenters. The van der Waals surface area contributed by atoms with Crippen LogP contribution in [-0.2, 0) is 6.18 Å². The molecular formula is C24H23F3N4O2. The highest BCUT2D eigenvalue weighted by Gasteiger charge is 2.38. The van der Waals surface area contributed by atoms with Crippen LogP contribution in [0.5, 0.6) is 0 Å². The fourth-order valence-corrected chi connectivity index (χ4v) is 4.48. The van der Waals surface area contributed by atoms with Crippen molar-refractivity contribution in [1.82, 2.24) is 9.80 Å². The van der Waals surface area contributed by atoms with Crippen LogP contribution < -0.4 is 4.90 Å². The van der Waals surface area contributed by atoms with E-state index in [0.29, 0.717) is 56.0 Å². The highest BCUT2D eigenvalue weighted by Crippen LogP contribution is 2.36. The summed E-state index contributed by atoms with van der Waals surface area (Å²) in [7, 11) is 0. The van der Waals surface area contributed by atoms with Crippen molar-refractivity contribution in [2.24, 2.45) is 0 Å². The Bertz CT molecular complexity index is 1080. The van der Waals surface area contributed by atoms with Crippen LogP contribution in [0.15, 0.2) is 42.5 Å². The molecule has 6 nitrogen and oxygen atoms in total. The predicted molar refractivity (Wildman–Crippen MR) is 116 cm³/mol. The number of fused-ring (bicyclic) bond motifs is 1. The number of hydrogen-bond donors (Lipinski definition) is 0. The minimum atomic E-state index is -4.58. The molecule has 0 bridgehead atoms. The first-order valence-electron chi connectivity index (χ1n) is 10.8. The van der Waals surface area contributed by atoms with E-state index in [1.807, 2.05) is 6.92 Å². The molecule has 0 radical (unpaired) electrons. The lowest BCUT2D eigenvalue weighted by atomic mass is 10.0. The van der Waals surface area contributed by atoms with Crippen molar-refractivity contribution in [3.8, 4) is 6.07 Å². The molecule has 172 valence electrons. The van der Waals surface area contributed by atoms with Gasteiger partial charge in [0.25, 0.3) is 11.8 Å². The fraction of sp³-hybridized carbons (Fsp3) is 0.375. The number of anilines is 1. The number of carbonyl (C=O) groups excluding carboxylic acids is 2. The number of nitriles is 1. The van der Waals surface area contributed by atoms with Gasteiger partial charge in [0, 0.05) is 38.8 Å². The summed E-state index contributed by atoms with van der Waals surface area (Å²) in [6.07, 6.45) is -3.98. The lowest BCUT2D eigenvalue weighted by Crippen LogP contribution is -2.48. The Labute approximate surface area is 189 Å². The molecule has 2 aliphatic heterocycles. The third kappa shape index (κ3) is 4.31. The third-order valence-electron chi connectivity index (χ3n) is 6.30. The van der Waals surface area contributed by atoms with Gasteiger partial charge in [0.2, 0.25) is 0 Å². The average molecular weight is 456 g/mol. The number of benzene rings is 2. The zero-order valence-corrected chi connectivity index (χ0v) is 18.1. The Morgan fingerprint density at radius 2 is 1.58 bits per heavy atom. The first-order valence-corrected chi connectivity index (χ1v) is 10.8. The van der Waals surface area contributed by atoms with Crippen molar-refractivity contribution in [3.63, 3.8) is 0 Å². The summed E-state index contributed by atoms with van der Waals surface area (Å²) in [5.41, 5.74) is -0.113. The maximum atomic E-state index is 13.3. The van der Waals surface area contributed by atoms with Crippen LogP contribution in [0.25, 0.3) is 0 Å². The van der Waals surface area contributed by atoms with Gasteiger partial charge in [-0.2, -0.15) is 18.4 Å². The van der Waals surface area contributed by atoms with Gasteiger partial charge in [0.05, 0.1) is 27.9 Å². The van der Waals surface area contributed by atoms with Crippen molar-refractivity contribution in [2.75, 3.05) is 37.6 Å². The second-order valence-electron chi connectivity index (χ2n) is 8.30. The third-order valence-corrected chi connectivity index (χ3v) is 6.30. The number of halogens is 3. The van der Waals surface area contributed by atoms with Crippen molar-refractivity contribution < 1.29 is 22.8 Å². The molecule has 1 saturated heterocycles. The average Bonchev–Trinajstić information content (AvgIpc) is 3.07. The molecule has 0 aromatic heterocycles. The van der Waals surface area contributed by atoms with Gasteiger partial charge < -0.3 is 4.90 Å². The maximum absolute atomic E-state index is 13.3. The van der Waals surface area contributed by atoms with Gasteiger partial charge in [-0.25, -0.2) is 0 Å². The maximum Gasteiger partial charge on any atom is 0.417 e. The molecule has 2 heterocycles. The number of nitrogens with zero attached hydrogens (tertiary/aromatic N) is 4. The quantitative estimate of drug-likeness (QED) is 0.641. The number of piperazine rings is 1. The van der Waals surface area contributed by atoms with Crippen LogP contribution in [0.2, 0.25) is 0 Å². The summed E-state index contributed by atoms with van der Waals surface area (Å²) in [4.78, 5) is 30.5. The summed E-state index contributed by atoms with van der Waals surface area (Å²) in [6, 6.07) is 12.0. The first-order chi connectivity index (χ1) is 15.7. The molecule has 0 N–H and O–H groups in total. The first kappa shape index (κ1) is 22.8. The van der Waals surface area contributed by atoms with E-state index in [1.54, 1.807) is 41.3 Å². The molecule has 2 aromatic carbocycles. The zero-order valence-electron chi connectivity index (χ0n) is 18.1. The van der Waals surface area contributed by atoms with Crippen molar-refractivity contribution >= 4 is 17.5 Å². The second-order valence-corrected chi connectivity index (χ2v) is 8.30. The summed E-state index contributed by atoms with van der Waals surface area (Å²) in [5.74, 6) is -0.553. The van der Waals surface area contributed by atoms with Gasteiger partial charge in [-0.1, -0.05) is 18.2 Å². The Balaban J connectivity index is 1.35. The molecule has 4 rings (SSSR count). The molecule has 0 spiro atoms. The van der Waals surface area contributed by atoms with Gasteiger partial charge in [-0.15, -0.1) is 0 Å². The second kappa shape index (κ2) is 8.87. The van der Waals surface area contributed by atoms with Crippen molar-refractivity contribution in [1.29, 1.82) is 5.26 Å². The van der Waals surface area contributed by atoms with Gasteiger partial charge in [-0.05, 0) is 37.6 Å². The SMILES string of the molecule is CC(CCN1CCN(c2cccc(C(F)(F)F)c2C#N)CC1)N1C(=O)c2ccccc2C1=O. The van der Waals surface area contributed by atoms with Crippen LogP contribution in [0.4, 0.5) is 18.9 Å². The number of hydrogen-bond acceptors (Lipinski definition) is 5. The van der Waals surface area contributed by atoms with E-state index in [4.69, 9.17) is 0 Å². The number of alkyl halides is 3. The van der Waals surface area contributed by atoms with E-state index in [1.165, 1.54) is 11.0 Å². The summed E-state index contributed by atoms with van der Waals surface area (Å²) < 4.78 is 39.8. The summed E-state index contributed by atoms with van der Waals surface area (Å²) in [6.45, 7) is 4.68. The fourth-order valence-electron chi connectivity index (χ4n) is 4.48. The Hall–Kier alpha value is -3.38. The van der Waals surface area contributed by atoms with Gasteiger partial charge in [0.1, 0.15) is 6.07 Å². The molecule has 1 fully saturated rings. The molecule has 2 aliphatic rings. The lowest BCUT2D eigenvalue weighted by Gasteiger charge is -2.37. The topological polar surface area (TPSA) is 67.7 Å². The van der Waals surface area contributed by atoms with E-state index < -0.39 is 11.7 Å². The monoisotopic (exact) mass is 456 g/mol. The van der Waals surface area contributed by atoms with Crippen LogP contribution in [0.3, 0.4) is 0 Å². The Morgan fingerprint density at radius 3 is 2.12 bits per heavy atom. The van der Waals surface area contributed by atoms with Gasteiger partial charge in [0.15, 0.2) is 0 Å². The highest BCUT2D eigenvalue weighted by atomic mass is 19.4. The van der Waals surface area contributed by atoms with Crippen molar-refractivity contribution in [2.45, 2.75) is 25.6 Å². The van der Waals surface area contributed by atoms with E-state index in [9.17, 15) is 28.0 Å². The number of imide groups is 1. The molecule has 2 aromatic rings. The summed E-state index contributed by atoms with van der Waals surface area (Å²) in [5, 5.41) is 9.36. The van der Waals surface area contributed by atoms with E-state index in [2.05, 4.69) is 4.90 Å². The van der Waals surface area contributed by atoms with Crippen LogP contribution >= 0.6 is 0 Å². The zero-order chi connectivity index (χ0) is 23.8. The Morgan fingerprint density at radius 1 is 0.970 bits per heavy atom. The normalized spacial score (nSPS) is 17.8. The molecule has 0 saturated carbocycles. The van der Waals surface area contributed by atoms with E-state index in [-0.39, 0.29) is 23.4 Å². The molecular weight excluding hydrogens is 433 g/mol. The Kier molecular flexibility index (Phi) is 6.13. The molecule has 2 amide bonds. The van der Waals surface area contributed by atoms with E-state index >= 15 is 0 Å². The predicted octanol–water partition coefficient (Wildman–Crippen LogP) is 3.77. The van der Waals surface area contributed by atoms with Gasteiger partial charge in [-0.3, -0.25) is 19.4 Å². The number of rotatable bonds is 5. The smallest absolute Gasteiger partial charge is 0.368 e. The standard InChI is InChI=1S/C24H23F3N4O2/c1-16(31-22(32)17-5-2-3-6-18(17)23(31)33)9-10-29-11-13-30(14-12-29)21-8-4-7-20(19(21)15-28)24(25,26)27/h2-8,16H,9-14H2,1H3. The van der Waals surface area contributed by atoms with Crippen LogP contribution in [0, 0.1) is 11.3 Å². The molecule has 9 heteroatoms. The minimum absolute atomic E-state index is 0.274. The molecule has 0 aliphatic carbocycles. The van der Waals surface area contributed by atoms with E-state index in [0.717, 1.165) is 6.07 Å². The number of carbonyl (C=O) groups is 2. The van der Waals surface area contributed by atoms with Crippen LogP contribution in [0.1, 0.15) is 45.2 Å². The molecule has 33 heavy (non-hydrogen) atoms. The highest BCUT2D eigenvalue weighted by molar-refractivity contribution is 6.21. The molecule has 1 unspecified atom stereocenters. The largest absolute Gasteiger partial charge is 0.417 e. The van der Waals surface area contributed by atoms with Gasteiger partial charge >= 0.3 is 6.18 Å². The summed E-state index contributed by atoms with van der Waals surface area (Å²) >= 11 is 0. The lowest BCUT2D eigenvalue weighted by molar-refractivity contribution is -0.137.